The van der Waals surface area contributed by atoms with Crippen LogP contribution in [-0.2, 0) is 4.79 Å². The molecule has 1 fully saturated rings. The first-order valence-corrected chi connectivity index (χ1v) is 4.72. The molecule has 0 aliphatic heterocycles. The number of carbonyl (C=O) groups is 1. The molecule has 0 heterocycles. The van der Waals surface area contributed by atoms with Crippen LogP contribution in [0.15, 0.2) is 0 Å². The van der Waals surface area contributed by atoms with E-state index in [1.165, 1.54) is 0 Å². The molecule has 0 aromatic rings. The van der Waals surface area contributed by atoms with Crippen LogP contribution in [0.1, 0.15) is 32.1 Å². The Bertz CT molecular complexity index is 187. The summed E-state index contributed by atoms with van der Waals surface area (Å²) in [7, 11) is 0. The van der Waals surface area contributed by atoms with Gasteiger partial charge in [0.05, 0.1) is 11.5 Å². The SMILES string of the molecule is NCC(O)CC1(C(=O)O)CCCC1. The summed E-state index contributed by atoms with van der Waals surface area (Å²) < 4.78 is 0. The molecule has 4 N–H and O–H groups in total. The molecular weight excluding hydrogens is 170 g/mol. The Labute approximate surface area is 77.7 Å². The lowest BCUT2D eigenvalue weighted by atomic mass is 9.81. The minimum Gasteiger partial charge on any atom is -0.481 e. The highest BCUT2D eigenvalue weighted by Gasteiger charge is 2.42. The number of aliphatic carboxylic acids is 1. The Morgan fingerprint density at radius 1 is 1.46 bits per heavy atom. The van der Waals surface area contributed by atoms with E-state index in [0.29, 0.717) is 19.3 Å². The molecule has 1 unspecified atom stereocenters. The summed E-state index contributed by atoms with van der Waals surface area (Å²) in [4.78, 5) is 11.0. The molecule has 0 radical (unpaired) electrons. The summed E-state index contributed by atoms with van der Waals surface area (Å²) in [5.41, 5.74) is 4.57. The van der Waals surface area contributed by atoms with Gasteiger partial charge in [-0.15, -0.1) is 0 Å². The van der Waals surface area contributed by atoms with E-state index in [2.05, 4.69) is 0 Å². The molecule has 76 valence electrons. The van der Waals surface area contributed by atoms with E-state index in [-0.39, 0.29) is 6.54 Å². The largest absolute Gasteiger partial charge is 0.481 e. The molecular formula is C9H17NO3. The van der Waals surface area contributed by atoms with Gasteiger partial charge in [0.25, 0.3) is 0 Å². The van der Waals surface area contributed by atoms with Crippen molar-refractivity contribution >= 4 is 5.97 Å². The standard InChI is InChI=1S/C9H17NO3/c10-6-7(11)5-9(8(12)13)3-1-2-4-9/h7,11H,1-6,10H2,(H,12,13). The zero-order chi connectivity index (χ0) is 9.90. The van der Waals surface area contributed by atoms with Crippen LogP contribution in [0.25, 0.3) is 0 Å². The monoisotopic (exact) mass is 187 g/mol. The molecule has 0 saturated heterocycles. The van der Waals surface area contributed by atoms with Gasteiger partial charge in [0.1, 0.15) is 0 Å². The lowest BCUT2D eigenvalue weighted by Crippen LogP contribution is -2.35. The Morgan fingerprint density at radius 3 is 2.38 bits per heavy atom. The van der Waals surface area contributed by atoms with Gasteiger partial charge in [-0.05, 0) is 19.3 Å². The van der Waals surface area contributed by atoms with E-state index in [4.69, 9.17) is 10.8 Å². The van der Waals surface area contributed by atoms with E-state index in [9.17, 15) is 9.90 Å². The Kier molecular flexibility index (Phi) is 3.27. The molecule has 1 aliphatic carbocycles. The van der Waals surface area contributed by atoms with Crippen LogP contribution in [0.5, 0.6) is 0 Å². The van der Waals surface area contributed by atoms with Crippen molar-refractivity contribution in [2.75, 3.05) is 6.54 Å². The summed E-state index contributed by atoms with van der Waals surface area (Å²) in [6.07, 6.45) is 2.89. The molecule has 0 aromatic heterocycles. The molecule has 0 bridgehead atoms. The van der Waals surface area contributed by atoms with Crippen LogP contribution in [0, 0.1) is 5.41 Å². The molecule has 1 atom stereocenters. The second-order valence-electron chi connectivity index (χ2n) is 3.89. The van der Waals surface area contributed by atoms with E-state index >= 15 is 0 Å². The summed E-state index contributed by atoms with van der Waals surface area (Å²) >= 11 is 0. The molecule has 0 aromatic carbocycles. The van der Waals surface area contributed by atoms with E-state index in [1.54, 1.807) is 0 Å². The number of aliphatic hydroxyl groups excluding tert-OH is 1. The second kappa shape index (κ2) is 4.07. The number of hydrogen-bond acceptors (Lipinski definition) is 3. The fourth-order valence-electron chi connectivity index (χ4n) is 2.09. The van der Waals surface area contributed by atoms with Crippen molar-refractivity contribution in [1.29, 1.82) is 0 Å². The first-order chi connectivity index (χ1) is 6.10. The highest BCUT2D eigenvalue weighted by atomic mass is 16.4. The zero-order valence-electron chi connectivity index (χ0n) is 7.70. The summed E-state index contributed by atoms with van der Waals surface area (Å²) in [6.45, 7) is 0.148. The van der Waals surface area contributed by atoms with Gasteiger partial charge in [0.2, 0.25) is 0 Å². The summed E-state index contributed by atoms with van der Waals surface area (Å²) in [5, 5.41) is 18.4. The van der Waals surface area contributed by atoms with E-state index in [0.717, 1.165) is 12.8 Å². The third-order valence-corrected chi connectivity index (χ3v) is 2.91. The predicted octanol–water partition coefficient (Wildman–Crippen LogP) is 0.341. The van der Waals surface area contributed by atoms with Crippen molar-refractivity contribution in [3.8, 4) is 0 Å². The van der Waals surface area contributed by atoms with E-state index < -0.39 is 17.5 Å². The first kappa shape index (κ1) is 10.5. The Balaban J connectivity index is 2.62. The normalized spacial score (nSPS) is 22.9. The number of rotatable bonds is 4. The molecule has 1 rings (SSSR count). The van der Waals surface area contributed by atoms with Crippen LogP contribution >= 0.6 is 0 Å². The van der Waals surface area contributed by atoms with Gasteiger partial charge in [0.15, 0.2) is 0 Å². The number of hydrogen-bond donors (Lipinski definition) is 3. The second-order valence-corrected chi connectivity index (χ2v) is 3.89. The van der Waals surface area contributed by atoms with E-state index in [1.807, 2.05) is 0 Å². The van der Waals surface area contributed by atoms with Gasteiger partial charge < -0.3 is 15.9 Å². The number of carboxylic acids is 1. The van der Waals surface area contributed by atoms with Gasteiger partial charge in [-0.25, -0.2) is 0 Å². The average Bonchev–Trinajstić information content (AvgIpc) is 2.54. The van der Waals surface area contributed by atoms with Crippen LogP contribution in [0.4, 0.5) is 0 Å². The van der Waals surface area contributed by atoms with Crippen molar-refractivity contribution in [2.45, 2.75) is 38.2 Å². The topological polar surface area (TPSA) is 83.5 Å². The zero-order valence-corrected chi connectivity index (χ0v) is 7.70. The van der Waals surface area contributed by atoms with Crippen LogP contribution < -0.4 is 5.73 Å². The third-order valence-electron chi connectivity index (χ3n) is 2.91. The van der Waals surface area contributed by atoms with Crippen molar-refractivity contribution in [1.82, 2.24) is 0 Å². The summed E-state index contributed by atoms with van der Waals surface area (Å²) in [6, 6.07) is 0. The Morgan fingerprint density at radius 2 is 2.00 bits per heavy atom. The van der Waals surface area contributed by atoms with Gasteiger partial charge in [-0.1, -0.05) is 12.8 Å². The third kappa shape index (κ3) is 2.19. The smallest absolute Gasteiger partial charge is 0.309 e. The minimum absolute atomic E-state index is 0.148. The quantitative estimate of drug-likeness (QED) is 0.592. The van der Waals surface area contributed by atoms with Crippen LogP contribution in [0.2, 0.25) is 0 Å². The molecule has 0 spiro atoms. The van der Waals surface area contributed by atoms with Gasteiger partial charge in [-0.3, -0.25) is 4.79 Å². The van der Waals surface area contributed by atoms with Gasteiger partial charge in [0, 0.05) is 6.54 Å². The van der Waals surface area contributed by atoms with Crippen molar-refractivity contribution in [3.63, 3.8) is 0 Å². The maximum atomic E-state index is 11.0. The van der Waals surface area contributed by atoms with Crippen molar-refractivity contribution < 1.29 is 15.0 Å². The maximum absolute atomic E-state index is 11.0. The molecule has 1 saturated carbocycles. The lowest BCUT2D eigenvalue weighted by molar-refractivity contribution is -0.150. The van der Waals surface area contributed by atoms with Gasteiger partial charge >= 0.3 is 5.97 Å². The summed E-state index contributed by atoms with van der Waals surface area (Å²) in [5.74, 6) is -0.780. The Hall–Kier alpha value is -0.610. The predicted molar refractivity (Wildman–Crippen MR) is 48.2 cm³/mol. The molecule has 1 aliphatic rings. The molecule has 13 heavy (non-hydrogen) atoms. The maximum Gasteiger partial charge on any atom is 0.309 e. The van der Waals surface area contributed by atoms with Crippen molar-refractivity contribution in [3.05, 3.63) is 0 Å². The highest BCUT2D eigenvalue weighted by molar-refractivity contribution is 5.75. The van der Waals surface area contributed by atoms with Gasteiger partial charge in [-0.2, -0.15) is 0 Å². The highest BCUT2D eigenvalue weighted by Crippen LogP contribution is 2.42. The lowest BCUT2D eigenvalue weighted by Gasteiger charge is -2.25. The molecule has 0 amide bonds. The fraction of sp³-hybridized carbons (Fsp3) is 0.889. The number of carboxylic acid groups (broad SMARTS) is 1. The average molecular weight is 187 g/mol. The molecule has 4 nitrogen and oxygen atoms in total. The first-order valence-electron chi connectivity index (χ1n) is 4.72. The molecule has 4 heteroatoms. The minimum atomic E-state index is -0.780. The van der Waals surface area contributed by atoms with Crippen LogP contribution in [0.3, 0.4) is 0 Å². The number of aliphatic hydroxyl groups is 1. The number of nitrogens with two attached hydrogens (primary N) is 1. The fourth-order valence-corrected chi connectivity index (χ4v) is 2.09. The van der Waals surface area contributed by atoms with Crippen LogP contribution in [-0.4, -0.2) is 28.8 Å². The van der Waals surface area contributed by atoms with Crippen molar-refractivity contribution in [2.24, 2.45) is 11.1 Å².